The lowest BCUT2D eigenvalue weighted by atomic mass is 10.0. The molecule has 5 nitrogen and oxygen atoms in total. The van der Waals surface area contributed by atoms with E-state index >= 15 is 0 Å². The van der Waals surface area contributed by atoms with Crippen LogP contribution in [0.15, 0.2) is 0 Å². The number of carbonyl (C=O) groups is 3. The van der Waals surface area contributed by atoms with E-state index in [1.165, 1.54) is 11.8 Å². The first-order valence-electron chi connectivity index (χ1n) is 6.54. The summed E-state index contributed by atoms with van der Waals surface area (Å²) in [5, 5.41) is -0.111. The van der Waals surface area contributed by atoms with Crippen molar-refractivity contribution in [2.75, 3.05) is 6.54 Å². The molecule has 0 spiro atoms. The second-order valence-corrected chi connectivity index (χ2v) is 7.07. The molecular weight excluding hydrogens is 264 g/mol. The number of carbonyl (C=O) groups excluding carboxylic acids is 3. The summed E-state index contributed by atoms with van der Waals surface area (Å²) in [6.45, 7) is 7.44. The van der Waals surface area contributed by atoms with Crippen LogP contribution in [-0.4, -0.2) is 45.6 Å². The Morgan fingerprint density at radius 2 is 1.95 bits per heavy atom. The van der Waals surface area contributed by atoms with Crippen LogP contribution in [0.2, 0.25) is 0 Å². The van der Waals surface area contributed by atoms with Crippen LogP contribution in [-0.2, 0) is 14.4 Å². The second-order valence-electron chi connectivity index (χ2n) is 5.29. The van der Waals surface area contributed by atoms with E-state index in [-0.39, 0.29) is 47.0 Å². The standard InChI is InChI=1S/C13H22N2O3S/c1-7(2)12(17)9(6-14)15-11(16)5-10(13(15)18)19-8(3)4/h7-10H,5-6,14H2,1-4H3/t9-,10?/m0/s1. The number of thioether (sulfide) groups is 1. The molecular formula is C13H22N2O3S. The molecule has 0 bridgehead atoms. The van der Waals surface area contributed by atoms with E-state index in [0.29, 0.717) is 0 Å². The number of ketones is 1. The quantitative estimate of drug-likeness (QED) is 0.731. The number of amides is 2. The fraction of sp³-hybridized carbons (Fsp3) is 0.769. The first kappa shape index (κ1) is 16.2. The van der Waals surface area contributed by atoms with Crippen molar-refractivity contribution in [2.24, 2.45) is 11.7 Å². The maximum Gasteiger partial charge on any atom is 0.243 e. The molecule has 1 aliphatic rings. The third kappa shape index (κ3) is 3.57. The predicted molar refractivity (Wildman–Crippen MR) is 75.7 cm³/mol. The van der Waals surface area contributed by atoms with Gasteiger partial charge in [0.15, 0.2) is 5.78 Å². The third-order valence-electron chi connectivity index (χ3n) is 3.01. The van der Waals surface area contributed by atoms with Crippen LogP contribution in [0.25, 0.3) is 0 Å². The molecule has 0 aliphatic carbocycles. The lowest BCUT2D eigenvalue weighted by Crippen LogP contribution is -2.50. The van der Waals surface area contributed by atoms with Gasteiger partial charge in [-0.25, -0.2) is 0 Å². The summed E-state index contributed by atoms with van der Waals surface area (Å²) in [5.41, 5.74) is 5.59. The van der Waals surface area contributed by atoms with Crippen LogP contribution < -0.4 is 5.73 Å². The van der Waals surface area contributed by atoms with Gasteiger partial charge in [0, 0.05) is 18.9 Å². The zero-order chi connectivity index (χ0) is 14.7. The first-order valence-corrected chi connectivity index (χ1v) is 7.49. The van der Waals surface area contributed by atoms with Crippen molar-refractivity contribution in [3.8, 4) is 0 Å². The molecule has 0 saturated carbocycles. The minimum absolute atomic E-state index is 0.00639. The first-order chi connectivity index (χ1) is 8.79. The van der Waals surface area contributed by atoms with Gasteiger partial charge in [0.25, 0.3) is 0 Å². The minimum Gasteiger partial charge on any atom is -0.328 e. The van der Waals surface area contributed by atoms with Crippen molar-refractivity contribution in [3.63, 3.8) is 0 Å². The summed E-state index contributed by atoms with van der Waals surface area (Å²) in [5.74, 6) is -0.953. The summed E-state index contributed by atoms with van der Waals surface area (Å²) < 4.78 is 0. The number of nitrogens with two attached hydrogens (primary N) is 1. The molecule has 1 rings (SSSR count). The molecule has 1 heterocycles. The number of hydrogen-bond acceptors (Lipinski definition) is 5. The zero-order valence-electron chi connectivity index (χ0n) is 11.9. The fourth-order valence-corrected chi connectivity index (χ4v) is 3.24. The molecule has 0 aromatic carbocycles. The molecule has 108 valence electrons. The zero-order valence-corrected chi connectivity index (χ0v) is 12.7. The van der Waals surface area contributed by atoms with Gasteiger partial charge in [-0.15, -0.1) is 11.8 Å². The highest BCUT2D eigenvalue weighted by atomic mass is 32.2. The van der Waals surface area contributed by atoms with Gasteiger partial charge in [-0.2, -0.15) is 0 Å². The molecule has 1 saturated heterocycles. The van der Waals surface area contributed by atoms with Crippen molar-refractivity contribution in [3.05, 3.63) is 0 Å². The maximum absolute atomic E-state index is 12.3. The number of imide groups is 1. The summed E-state index contributed by atoms with van der Waals surface area (Å²) in [7, 11) is 0. The highest BCUT2D eigenvalue weighted by Gasteiger charge is 2.44. The molecule has 0 aromatic rings. The molecule has 1 aliphatic heterocycles. The highest BCUT2D eigenvalue weighted by Crippen LogP contribution is 2.29. The summed E-state index contributed by atoms with van der Waals surface area (Å²) in [6, 6.07) is -0.808. The number of rotatable bonds is 6. The Kier molecular flexibility index (Phi) is 5.55. The van der Waals surface area contributed by atoms with Crippen LogP contribution in [0.3, 0.4) is 0 Å². The average molecular weight is 286 g/mol. The van der Waals surface area contributed by atoms with Crippen LogP contribution in [0, 0.1) is 5.92 Å². The SMILES string of the molecule is CC(C)SC1CC(=O)N([C@@H](CN)C(=O)C(C)C)C1=O. The van der Waals surface area contributed by atoms with Gasteiger partial charge in [-0.1, -0.05) is 27.7 Å². The van der Waals surface area contributed by atoms with Crippen LogP contribution in [0.1, 0.15) is 34.1 Å². The molecule has 6 heteroatoms. The van der Waals surface area contributed by atoms with Crippen molar-refractivity contribution in [1.82, 2.24) is 4.90 Å². The summed E-state index contributed by atoms with van der Waals surface area (Å²) in [4.78, 5) is 37.4. The molecule has 2 amide bonds. The topological polar surface area (TPSA) is 80.5 Å². The minimum atomic E-state index is -0.808. The fourth-order valence-electron chi connectivity index (χ4n) is 2.12. The lowest BCUT2D eigenvalue weighted by molar-refractivity contribution is -0.146. The second kappa shape index (κ2) is 6.52. The van der Waals surface area contributed by atoms with Crippen molar-refractivity contribution < 1.29 is 14.4 Å². The Morgan fingerprint density at radius 3 is 2.37 bits per heavy atom. The Labute approximate surface area is 118 Å². The number of nitrogens with zero attached hydrogens (tertiary/aromatic N) is 1. The number of likely N-dealkylation sites (tertiary alicyclic amines) is 1. The summed E-state index contributed by atoms with van der Waals surface area (Å²) >= 11 is 1.46. The van der Waals surface area contributed by atoms with E-state index in [1.807, 2.05) is 13.8 Å². The number of Topliss-reactive ketones (excluding diaryl/α,β-unsaturated/α-hetero) is 1. The van der Waals surface area contributed by atoms with E-state index in [0.717, 1.165) is 4.90 Å². The van der Waals surface area contributed by atoms with E-state index in [4.69, 9.17) is 5.73 Å². The molecule has 2 N–H and O–H groups in total. The van der Waals surface area contributed by atoms with Gasteiger partial charge < -0.3 is 5.73 Å². The number of hydrogen-bond donors (Lipinski definition) is 1. The molecule has 0 aromatic heterocycles. The van der Waals surface area contributed by atoms with Crippen LogP contribution in [0.5, 0.6) is 0 Å². The molecule has 2 atom stereocenters. The van der Waals surface area contributed by atoms with Gasteiger partial charge in [0.2, 0.25) is 11.8 Å². The van der Waals surface area contributed by atoms with E-state index in [9.17, 15) is 14.4 Å². The third-order valence-corrected chi connectivity index (χ3v) is 4.25. The maximum atomic E-state index is 12.3. The Morgan fingerprint density at radius 1 is 1.37 bits per heavy atom. The predicted octanol–water partition coefficient (Wildman–Crippen LogP) is 0.808. The smallest absolute Gasteiger partial charge is 0.243 e. The Bertz CT molecular complexity index is 382. The van der Waals surface area contributed by atoms with Crippen molar-refractivity contribution >= 4 is 29.4 Å². The van der Waals surface area contributed by atoms with Gasteiger partial charge in [-0.3, -0.25) is 19.3 Å². The molecule has 0 radical (unpaired) electrons. The van der Waals surface area contributed by atoms with E-state index < -0.39 is 6.04 Å². The van der Waals surface area contributed by atoms with Crippen molar-refractivity contribution in [2.45, 2.75) is 50.7 Å². The lowest BCUT2D eigenvalue weighted by Gasteiger charge is -2.25. The van der Waals surface area contributed by atoms with Gasteiger partial charge in [0.05, 0.1) is 5.25 Å². The molecule has 1 fully saturated rings. The normalized spacial score (nSPS) is 21.6. The molecule has 1 unspecified atom stereocenters. The van der Waals surface area contributed by atoms with Crippen LogP contribution >= 0.6 is 11.8 Å². The largest absolute Gasteiger partial charge is 0.328 e. The van der Waals surface area contributed by atoms with Gasteiger partial charge >= 0.3 is 0 Å². The summed E-state index contributed by atoms with van der Waals surface area (Å²) in [6.07, 6.45) is 0.170. The van der Waals surface area contributed by atoms with Gasteiger partial charge in [0.1, 0.15) is 6.04 Å². The van der Waals surface area contributed by atoms with E-state index in [2.05, 4.69) is 0 Å². The van der Waals surface area contributed by atoms with Crippen LogP contribution in [0.4, 0.5) is 0 Å². The molecule has 19 heavy (non-hydrogen) atoms. The monoisotopic (exact) mass is 286 g/mol. The highest BCUT2D eigenvalue weighted by molar-refractivity contribution is 8.01. The van der Waals surface area contributed by atoms with Crippen molar-refractivity contribution in [1.29, 1.82) is 0 Å². The average Bonchev–Trinajstić information content (AvgIpc) is 2.56. The Balaban J connectivity index is 2.90. The van der Waals surface area contributed by atoms with Gasteiger partial charge in [-0.05, 0) is 5.25 Å². The van der Waals surface area contributed by atoms with E-state index in [1.54, 1.807) is 13.8 Å². The Hall–Kier alpha value is -0.880.